The molecule has 2 aromatic rings. The van der Waals surface area contributed by atoms with Gasteiger partial charge in [-0.15, -0.1) is 11.3 Å². The molecular formula is C13H16N2O2S2. The molecule has 0 fully saturated rings. The maximum absolute atomic E-state index is 11.5. The van der Waals surface area contributed by atoms with E-state index in [-0.39, 0.29) is 5.97 Å². The molecule has 2 heterocycles. The van der Waals surface area contributed by atoms with Gasteiger partial charge in [-0.25, -0.2) is 9.78 Å². The van der Waals surface area contributed by atoms with Gasteiger partial charge in [0.2, 0.25) is 0 Å². The summed E-state index contributed by atoms with van der Waals surface area (Å²) in [5.74, 6) is -0.326. The fraction of sp³-hybridized carbons (Fsp3) is 0.385. The molecule has 1 N–H and O–H groups in total. The van der Waals surface area contributed by atoms with Crippen molar-refractivity contribution in [3.63, 3.8) is 0 Å². The number of methoxy groups -OCH3 is 1. The van der Waals surface area contributed by atoms with E-state index in [1.165, 1.54) is 28.2 Å². The molecule has 0 atom stereocenters. The molecule has 2 rings (SSSR count). The lowest BCUT2D eigenvalue weighted by atomic mass is 10.4. The molecule has 0 spiro atoms. The van der Waals surface area contributed by atoms with Crippen molar-refractivity contribution in [2.75, 3.05) is 12.4 Å². The van der Waals surface area contributed by atoms with Crippen molar-refractivity contribution in [2.45, 2.75) is 26.8 Å². The van der Waals surface area contributed by atoms with E-state index in [1.54, 1.807) is 11.3 Å². The molecule has 2 aromatic heterocycles. The number of esters is 1. The van der Waals surface area contributed by atoms with E-state index < -0.39 is 0 Å². The van der Waals surface area contributed by atoms with Gasteiger partial charge in [0, 0.05) is 9.75 Å². The number of ether oxygens (including phenoxy) is 1. The zero-order chi connectivity index (χ0) is 13.8. The van der Waals surface area contributed by atoms with Gasteiger partial charge in [-0.3, -0.25) is 0 Å². The number of aryl methyl sites for hydroxylation is 2. The minimum atomic E-state index is -0.326. The van der Waals surface area contributed by atoms with Gasteiger partial charge in [0.15, 0.2) is 5.13 Å². The molecular weight excluding hydrogens is 280 g/mol. The van der Waals surface area contributed by atoms with Crippen LogP contribution in [0.15, 0.2) is 12.1 Å². The van der Waals surface area contributed by atoms with Crippen LogP contribution in [0.5, 0.6) is 0 Å². The molecule has 19 heavy (non-hydrogen) atoms. The fourth-order valence-corrected chi connectivity index (χ4v) is 3.40. The third-order valence-corrected chi connectivity index (χ3v) is 4.97. The Morgan fingerprint density at radius 1 is 1.37 bits per heavy atom. The zero-order valence-electron chi connectivity index (χ0n) is 11.1. The third kappa shape index (κ3) is 3.33. The number of thiophene rings is 1. The van der Waals surface area contributed by atoms with E-state index in [9.17, 15) is 4.79 Å². The predicted octanol–water partition coefficient (Wildman–Crippen LogP) is 3.47. The first-order valence-electron chi connectivity index (χ1n) is 6.01. The molecule has 0 bridgehead atoms. The molecule has 102 valence electrons. The van der Waals surface area contributed by atoms with Gasteiger partial charge in [-0.05, 0) is 25.5 Å². The molecule has 6 heteroatoms. The van der Waals surface area contributed by atoms with Crippen LogP contribution < -0.4 is 5.32 Å². The Morgan fingerprint density at radius 2 is 2.11 bits per heavy atom. The van der Waals surface area contributed by atoms with Crippen molar-refractivity contribution < 1.29 is 9.53 Å². The Hall–Kier alpha value is -1.40. The maximum Gasteiger partial charge on any atom is 0.350 e. The number of nitrogens with zero attached hydrogens (tertiary/aromatic N) is 1. The van der Waals surface area contributed by atoms with Gasteiger partial charge in [-0.2, -0.15) is 0 Å². The van der Waals surface area contributed by atoms with Crippen molar-refractivity contribution in [1.82, 2.24) is 4.98 Å². The van der Waals surface area contributed by atoms with E-state index in [0.717, 1.165) is 18.1 Å². The Balaban J connectivity index is 2.01. The molecule has 0 saturated heterocycles. The summed E-state index contributed by atoms with van der Waals surface area (Å²) in [5.41, 5.74) is 0.708. The summed E-state index contributed by atoms with van der Waals surface area (Å²) in [6, 6.07) is 4.27. The Morgan fingerprint density at radius 3 is 2.74 bits per heavy atom. The minimum Gasteiger partial charge on any atom is -0.465 e. The summed E-state index contributed by atoms with van der Waals surface area (Å²) in [7, 11) is 1.38. The summed E-state index contributed by atoms with van der Waals surface area (Å²) in [4.78, 5) is 19.0. The second kappa shape index (κ2) is 6.16. The number of hydrogen-bond donors (Lipinski definition) is 1. The molecule has 0 saturated carbocycles. The van der Waals surface area contributed by atoms with Gasteiger partial charge in [-0.1, -0.05) is 18.3 Å². The predicted molar refractivity (Wildman–Crippen MR) is 79.2 cm³/mol. The fourth-order valence-electron chi connectivity index (χ4n) is 1.62. The number of hydrogen-bond acceptors (Lipinski definition) is 6. The SMILES string of the molecule is CCc1ccc(CNc2nc(C)c(C(=O)OC)s2)s1. The standard InChI is InChI=1S/C13H16N2O2S2/c1-4-9-5-6-10(18-9)7-14-13-15-8(2)11(19-13)12(16)17-3/h5-6H,4,7H2,1-3H3,(H,14,15). The highest BCUT2D eigenvalue weighted by atomic mass is 32.1. The van der Waals surface area contributed by atoms with Gasteiger partial charge in [0.05, 0.1) is 19.3 Å². The molecule has 0 radical (unpaired) electrons. The second-order valence-corrected chi connectivity index (χ2v) is 6.25. The summed E-state index contributed by atoms with van der Waals surface area (Å²) in [6.45, 7) is 4.70. The highest BCUT2D eigenvalue weighted by Gasteiger charge is 2.15. The number of anilines is 1. The van der Waals surface area contributed by atoms with E-state index >= 15 is 0 Å². The smallest absolute Gasteiger partial charge is 0.350 e. The molecule has 0 aliphatic rings. The van der Waals surface area contributed by atoms with Crippen LogP contribution in [0.4, 0.5) is 5.13 Å². The monoisotopic (exact) mass is 296 g/mol. The lowest BCUT2D eigenvalue weighted by molar-refractivity contribution is 0.0605. The molecule has 0 unspecified atom stereocenters. The number of thiazole rings is 1. The number of rotatable bonds is 5. The highest BCUT2D eigenvalue weighted by Crippen LogP contribution is 2.25. The first-order valence-corrected chi connectivity index (χ1v) is 7.64. The van der Waals surface area contributed by atoms with Gasteiger partial charge < -0.3 is 10.1 Å². The van der Waals surface area contributed by atoms with E-state index in [2.05, 4.69) is 29.4 Å². The van der Waals surface area contributed by atoms with E-state index in [0.29, 0.717) is 10.6 Å². The number of carbonyl (C=O) groups is 1. The largest absolute Gasteiger partial charge is 0.465 e. The molecule has 4 nitrogen and oxygen atoms in total. The van der Waals surface area contributed by atoms with E-state index in [1.807, 2.05) is 6.92 Å². The Labute approximate surface area is 120 Å². The van der Waals surface area contributed by atoms with Crippen molar-refractivity contribution in [2.24, 2.45) is 0 Å². The highest BCUT2D eigenvalue weighted by molar-refractivity contribution is 7.17. The van der Waals surface area contributed by atoms with Crippen LogP contribution in [0.3, 0.4) is 0 Å². The van der Waals surface area contributed by atoms with Crippen LogP contribution in [0.25, 0.3) is 0 Å². The van der Waals surface area contributed by atoms with Crippen LogP contribution in [-0.4, -0.2) is 18.1 Å². The third-order valence-electron chi connectivity index (χ3n) is 2.65. The number of carbonyl (C=O) groups excluding carboxylic acids is 1. The van der Waals surface area contributed by atoms with Crippen molar-refractivity contribution in [3.05, 3.63) is 32.5 Å². The van der Waals surface area contributed by atoms with Crippen LogP contribution in [0.2, 0.25) is 0 Å². The average Bonchev–Trinajstić information content (AvgIpc) is 3.01. The summed E-state index contributed by atoms with van der Waals surface area (Å²) < 4.78 is 4.72. The molecule has 0 aliphatic heterocycles. The quantitative estimate of drug-likeness (QED) is 0.858. The summed E-state index contributed by atoms with van der Waals surface area (Å²) >= 11 is 3.13. The van der Waals surface area contributed by atoms with E-state index in [4.69, 9.17) is 4.74 Å². The molecule has 0 aliphatic carbocycles. The summed E-state index contributed by atoms with van der Waals surface area (Å²) in [6.07, 6.45) is 1.06. The topological polar surface area (TPSA) is 51.2 Å². The lowest BCUT2D eigenvalue weighted by Gasteiger charge is -1.98. The number of nitrogens with one attached hydrogen (secondary N) is 1. The maximum atomic E-state index is 11.5. The van der Waals surface area contributed by atoms with Crippen molar-refractivity contribution in [3.8, 4) is 0 Å². The Kier molecular flexibility index (Phi) is 4.55. The first kappa shape index (κ1) is 14.0. The first-order chi connectivity index (χ1) is 9.13. The van der Waals surface area contributed by atoms with Crippen molar-refractivity contribution in [1.29, 1.82) is 0 Å². The number of aromatic nitrogens is 1. The molecule has 0 amide bonds. The van der Waals surface area contributed by atoms with Crippen LogP contribution in [-0.2, 0) is 17.7 Å². The average molecular weight is 296 g/mol. The van der Waals surface area contributed by atoms with Gasteiger partial charge >= 0.3 is 5.97 Å². The molecule has 0 aromatic carbocycles. The minimum absolute atomic E-state index is 0.326. The van der Waals surface area contributed by atoms with Crippen LogP contribution in [0.1, 0.15) is 32.0 Å². The van der Waals surface area contributed by atoms with Gasteiger partial charge in [0.25, 0.3) is 0 Å². The normalized spacial score (nSPS) is 10.5. The zero-order valence-corrected chi connectivity index (χ0v) is 12.8. The lowest BCUT2D eigenvalue weighted by Crippen LogP contribution is -1.99. The van der Waals surface area contributed by atoms with Gasteiger partial charge in [0.1, 0.15) is 4.88 Å². The Bertz CT molecular complexity index is 575. The second-order valence-electron chi connectivity index (χ2n) is 4.00. The van der Waals surface area contributed by atoms with Crippen LogP contribution >= 0.6 is 22.7 Å². The van der Waals surface area contributed by atoms with Crippen molar-refractivity contribution >= 4 is 33.8 Å². The van der Waals surface area contributed by atoms with Crippen LogP contribution in [0, 0.1) is 6.92 Å². The summed E-state index contributed by atoms with van der Waals surface area (Å²) in [5, 5.41) is 4.00.